The Hall–Kier alpha value is -1.85. The van der Waals surface area contributed by atoms with E-state index in [1.54, 1.807) is 22.8 Å². The number of rotatable bonds is 4. The smallest absolute Gasteiger partial charge is 0.308 e. The number of carbonyl (C=O) groups is 2. The lowest BCUT2D eigenvalue weighted by atomic mass is 9.91. The van der Waals surface area contributed by atoms with Crippen LogP contribution < -0.4 is 0 Å². The Labute approximate surface area is 118 Å². The number of likely N-dealkylation sites (tertiary alicyclic amines) is 1. The van der Waals surface area contributed by atoms with Gasteiger partial charge in [-0.05, 0) is 19.3 Å². The SMILES string of the molecule is CCCN1C(=O)CCCC(C(=O)O)C1c1cnn(C)c1. The maximum absolute atomic E-state index is 12.3. The summed E-state index contributed by atoms with van der Waals surface area (Å²) in [6.07, 6.45) is 5.88. The predicted octanol–water partition coefficient (Wildman–Crippen LogP) is 1.58. The summed E-state index contributed by atoms with van der Waals surface area (Å²) in [4.78, 5) is 25.6. The summed E-state index contributed by atoms with van der Waals surface area (Å²) in [5.74, 6) is -1.35. The molecule has 6 heteroatoms. The predicted molar refractivity (Wildman–Crippen MR) is 72.9 cm³/mol. The summed E-state index contributed by atoms with van der Waals surface area (Å²) in [7, 11) is 1.79. The lowest BCUT2D eigenvalue weighted by Crippen LogP contribution is -2.39. The van der Waals surface area contributed by atoms with Gasteiger partial charge in [0, 0.05) is 31.8 Å². The van der Waals surface area contributed by atoms with Crippen LogP contribution in [0.25, 0.3) is 0 Å². The van der Waals surface area contributed by atoms with Crippen molar-refractivity contribution in [2.24, 2.45) is 13.0 Å². The highest BCUT2D eigenvalue weighted by Gasteiger charge is 2.38. The average molecular weight is 279 g/mol. The first-order valence-electron chi connectivity index (χ1n) is 7.05. The van der Waals surface area contributed by atoms with Crippen molar-refractivity contribution in [2.45, 2.75) is 38.6 Å². The molecule has 2 rings (SSSR count). The molecule has 1 saturated heterocycles. The van der Waals surface area contributed by atoms with Gasteiger partial charge in [0.1, 0.15) is 0 Å². The Kier molecular flexibility index (Phi) is 4.42. The third-order valence-corrected chi connectivity index (χ3v) is 3.79. The maximum atomic E-state index is 12.3. The maximum Gasteiger partial charge on any atom is 0.308 e. The summed E-state index contributed by atoms with van der Waals surface area (Å²) >= 11 is 0. The van der Waals surface area contributed by atoms with Gasteiger partial charge in [-0.3, -0.25) is 14.3 Å². The van der Waals surface area contributed by atoms with Crippen LogP contribution in [-0.2, 0) is 16.6 Å². The topological polar surface area (TPSA) is 75.4 Å². The zero-order valence-electron chi connectivity index (χ0n) is 12.0. The van der Waals surface area contributed by atoms with E-state index >= 15 is 0 Å². The molecule has 1 aromatic rings. The molecule has 2 atom stereocenters. The quantitative estimate of drug-likeness (QED) is 0.908. The van der Waals surface area contributed by atoms with Gasteiger partial charge in [-0.15, -0.1) is 0 Å². The number of carboxylic acid groups (broad SMARTS) is 1. The molecule has 0 radical (unpaired) electrons. The van der Waals surface area contributed by atoms with Crippen LogP contribution in [0.2, 0.25) is 0 Å². The molecule has 20 heavy (non-hydrogen) atoms. The molecule has 0 aliphatic carbocycles. The fourth-order valence-electron chi connectivity index (χ4n) is 2.92. The minimum atomic E-state index is -0.838. The molecular weight excluding hydrogens is 258 g/mol. The summed E-state index contributed by atoms with van der Waals surface area (Å²) in [5.41, 5.74) is 0.809. The van der Waals surface area contributed by atoms with E-state index in [2.05, 4.69) is 5.10 Å². The van der Waals surface area contributed by atoms with Crippen molar-refractivity contribution in [3.05, 3.63) is 18.0 Å². The zero-order chi connectivity index (χ0) is 14.7. The number of carbonyl (C=O) groups excluding carboxylic acids is 1. The van der Waals surface area contributed by atoms with Crippen LogP contribution >= 0.6 is 0 Å². The Balaban J connectivity index is 2.42. The van der Waals surface area contributed by atoms with Crippen LogP contribution in [0, 0.1) is 5.92 Å². The van der Waals surface area contributed by atoms with E-state index in [1.165, 1.54) is 0 Å². The molecule has 1 aliphatic rings. The molecule has 0 saturated carbocycles. The van der Waals surface area contributed by atoms with Crippen molar-refractivity contribution in [1.82, 2.24) is 14.7 Å². The number of aliphatic carboxylic acids is 1. The van der Waals surface area contributed by atoms with Crippen molar-refractivity contribution < 1.29 is 14.7 Å². The van der Waals surface area contributed by atoms with Crippen LogP contribution in [0.5, 0.6) is 0 Å². The summed E-state index contributed by atoms with van der Waals surface area (Å²) < 4.78 is 1.65. The molecule has 0 bridgehead atoms. The first-order chi connectivity index (χ1) is 9.54. The monoisotopic (exact) mass is 279 g/mol. The highest BCUT2D eigenvalue weighted by molar-refractivity contribution is 5.79. The first-order valence-corrected chi connectivity index (χ1v) is 7.05. The number of carboxylic acids is 1. The number of hydrogen-bond donors (Lipinski definition) is 1. The van der Waals surface area contributed by atoms with Gasteiger partial charge in [0.2, 0.25) is 5.91 Å². The molecular formula is C14H21N3O3. The van der Waals surface area contributed by atoms with Crippen molar-refractivity contribution in [3.63, 3.8) is 0 Å². The number of aromatic nitrogens is 2. The van der Waals surface area contributed by atoms with Gasteiger partial charge in [0.15, 0.2) is 0 Å². The highest BCUT2D eigenvalue weighted by Crippen LogP contribution is 2.35. The number of nitrogens with zero attached hydrogens (tertiary/aromatic N) is 3. The van der Waals surface area contributed by atoms with Crippen LogP contribution in [0.15, 0.2) is 12.4 Å². The zero-order valence-corrected chi connectivity index (χ0v) is 12.0. The van der Waals surface area contributed by atoms with E-state index in [1.807, 2.05) is 13.1 Å². The summed E-state index contributed by atoms with van der Waals surface area (Å²) in [6, 6.07) is -0.406. The molecule has 1 fully saturated rings. The molecule has 1 N–H and O–H groups in total. The number of hydrogen-bond acceptors (Lipinski definition) is 3. The fraction of sp³-hybridized carbons (Fsp3) is 0.643. The summed E-state index contributed by atoms with van der Waals surface area (Å²) in [5, 5.41) is 13.6. The van der Waals surface area contributed by atoms with E-state index in [9.17, 15) is 14.7 Å². The standard InChI is InChI=1S/C14H21N3O3/c1-3-7-17-12(18)6-4-5-11(14(19)20)13(17)10-8-15-16(2)9-10/h8-9,11,13H,3-7H2,1-2H3,(H,19,20). The second kappa shape index (κ2) is 6.07. The Morgan fingerprint density at radius 3 is 2.85 bits per heavy atom. The van der Waals surface area contributed by atoms with Crippen LogP contribution in [-0.4, -0.2) is 38.2 Å². The number of aryl methyl sites for hydroxylation is 1. The molecule has 0 spiro atoms. The van der Waals surface area contributed by atoms with E-state index < -0.39 is 17.9 Å². The molecule has 110 valence electrons. The van der Waals surface area contributed by atoms with E-state index in [4.69, 9.17) is 0 Å². The lowest BCUT2D eigenvalue weighted by Gasteiger charge is -2.32. The highest BCUT2D eigenvalue weighted by atomic mass is 16.4. The molecule has 2 heterocycles. The molecule has 1 aliphatic heterocycles. The minimum Gasteiger partial charge on any atom is -0.481 e. The van der Waals surface area contributed by atoms with Gasteiger partial charge in [-0.1, -0.05) is 6.92 Å². The lowest BCUT2D eigenvalue weighted by molar-refractivity contribution is -0.146. The van der Waals surface area contributed by atoms with E-state index in [0.29, 0.717) is 25.8 Å². The largest absolute Gasteiger partial charge is 0.481 e. The van der Waals surface area contributed by atoms with Gasteiger partial charge in [0.25, 0.3) is 0 Å². The van der Waals surface area contributed by atoms with Crippen LogP contribution in [0.3, 0.4) is 0 Å². The van der Waals surface area contributed by atoms with Crippen LogP contribution in [0.1, 0.15) is 44.2 Å². The van der Waals surface area contributed by atoms with Gasteiger partial charge >= 0.3 is 5.97 Å². The Morgan fingerprint density at radius 1 is 1.55 bits per heavy atom. The average Bonchev–Trinajstić information content (AvgIpc) is 2.74. The Morgan fingerprint density at radius 2 is 2.30 bits per heavy atom. The third kappa shape index (κ3) is 2.84. The normalized spacial score (nSPS) is 23.7. The van der Waals surface area contributed by atoms with Crippen molar-refractivity contribution in [3.8, 4) is 0 Å². The van der Waals surface area contributed by atoms with Crippen molar-refractivity contribution in [1.29, 1.82) is 0 Å². The van der Waals surface area contributed by atoms with Gasteiger partial charge < -0.3 is 10.0 Å². The molecule has 1 aromatic heterocycles. The van der Waals surface area contributed by atoms with Crippen molar-refractivity contribution >= 4 is 11.9 Å². The molecule has 6 nitrogen and oxygen atoms in total. The van der Waals surface area contributed by atoms with Crippen LogP contribution in [0.4, 0.5) is 0 Å². The summed E-state index contributed by atoms with van der Waals surface area (Å²) in [6.45, 7) is 2.58. The number of amides is 1. The molecule has 0 aromatic carbocycles. The van der Waals surface area contributed by atoms with Crippen molar-refractivity contribution in [2.75, 3.05) is 6.54 Å². The molecule has 1 amide bonds. The van der Waals surface area contributed by atoms with Gasteiger partial charge in [0.05, 0.1) is 18.2 Å². The van der Waals surface area contributed by atoms with Gasteiger partial charge in [-0.2, -0.15) is 5.10 Å². The molecule has 2 unspecified atom stereocenters. The first kappa shape index (κ1) is 14.6. The van der Waals surface area contributed by atoms with Gasteiger partial charge in [-0.25, -0.2) is 0 Å². The minimum absolute atomic E-state index is 0.0458. The Bertz CT molecular complexity index is 498. The fourth-order valence-corrected chi connectivity index (χ4v) is 2.92. The second-order valence-electron chi connectivity index (χ2n) is 5.32. The third-order valence-electron chi connectivity index (χ3n) is 3.79. The van der Waals surface area contributed by atoms with E-state index in [-0.39, 0.29) is 5.91 Å². The van der Waals surface area contributed by atoms with E-state index in [0.717, 1.165) is 12.0 Å². The second-order valence-corrected chi connectivity index (χ2v) is 5.32.